The molecule has 128 valence electrons. The first kappa shape index (κ1) is 16.6. The van der Waals surface area contributed by atoms with E-state index in [0.29, 0.717) is 17.5 Å². The van der Waals surface area contributed by atoms with Crippen LogP contribution in [0.1, 0.15) is 17.0 Å². The molecule has 0 aliphatic rings. The van der Waals surface area contributed by atoms with E-state index in [1.165, 1.54) is 22.3 Å². The van der Waals surface area contributed by atoms with Crippen molar-refractivity contribution in [3.63, 3.8) is 0 Å². The Morgan fingerprint density at radius 2 is 1.31 bits per heavy atom. The Morgan fingerprint density at radius 1 is 0.654 bits per heavy atom. The van der Waals surface area contributed by atoms with E-state index >= 15 is 0 Å². The fourth-order valence-corrected chi connectivity index (χ4v) is 3.44. The lowest BCUT2D eigenvalue weighted by atomic mass is 10.0. The van der Waals surface area contributed by atoms with E-state index in [2.05, 4.69) is 70.9 Å². The lowest BCUT2D eigenvalue weighted by Crippen LogP contribution is -1.87. The van der Waals surface area contributed by atoms with Gasteiger partial charge in [0.25, 0.3) is 5.22 Å². The van der Waals surface area contributed by atoms with Crippen molar-refractivity contribution < 1.29 is 4.42 Å². The normalized spacial score (nSPS) is 10.8. The molecule has 0 saturated carbocycles. The number of hydrogen-bond acceptors (Lipinski definition) is 4. The fourth-order valence-electron chi connectivity index (χ4n) is 2.71. The Bertz CT molecular complexity index is 950. The van der Waals surface area contributed by atoms with E-state index in [1.54, 1.807) is 11.8 Å². The topological polar surface area (TPSA) is 38.9 Å². The summed E-state index contributed by atoms with van der Waals surface area (Å²) in [5.74, 6) is 1.46. The van der Waals surface area contributed by atoms with Gasteiger partial charge in [0.05, 0.1) is 6.42 Å². The largest absolute Gasteiger partial charge is 0.416 e. The van der Waals surface area contributed by atoms with Gasteiger partial charge in [0.2, 0.25) is 5.89 Å². The highest BCUT2D eigenvalue weighted by Crippen LogP contribution is 2.24. The molecule has 0 saturated heterocycles. The fraction of sp³-hybridized carbons (Fsp3) is 0.0909. The number of benzene rings is 3. The predicted molar refractivity (Wildman–Crippen MR) is 105 cm³/mol. The van der Waals surface area contributed by atoms with Crippen LogP contribution in [0.25, 0.3) is 11.1 Å². The molecule has 0 atom stereocenters. The van der Waals surface area contributed by atoms with E-state index in [0.717, 1.165) is 5.75 Å². The quantitative estimate of drug-likeness (QED) is 0.419. The molecule has 0 radical (unpaired) electrons. The van der Waals surface area contributed by atoms with Gasteiger partial charge in [-0.05, 0) is 22.3 Å². The van der Waals surface area contributed by atoms with Gasteiger partial charge in [-0.25, -0.2) is 0 Å². The maximum absolute atomic E-state index is 5.74. The molecular formula is C22H18N2OS. The van der Waals surface area contributed by atoms with Crippen LogP contribution in [0.2, 0.25) is 0 Å². The summed E-state index contributed by atoms with van der Waals surface area (Å²) in [4.78, 5) is 0. The van der Waals surface area contributed by atoms with Gasteiger partial charge in [-0.3, -0.25) is 0 Å². The van der Waals surface area contributed by atoms with E-state index in [9.17, 15) is 0 Å². The summed E-state index contributed by atoms with van der Waals surface area (Å²) in [5.41, 5.74) is 4.86. The third-order valence-electron chi connectivity index (χ3n) is 4.07. The first-order valence-corrected chi connectivity index (χ1v) is 9.49. The van der Waals surface area contributed by atoms with Crippen LogP contribution >= 0.6 is 11.8 Å². The molecule has 0 N–H and O–H groups in total. The molecule has 1 heterocycles. The maximum atomic E-state index is 5.74. The summed E-state index contributed by atoms with van der Waals surface area (Å²) >= 11 is 1.57. The summed E-state index contributed by atoms with van der Waals surface area (Å²) in [6.07, 6.45) is 0.667. The van der Waals surface area contributed by atoms with Crippen LogP contribution in [-0.2, 0) is 12.2 Å². The molecule has 4 aromatic rings. The van der Waals surface area contributed by atoms with Crippen molar-refractivity contribution in [2.45, 2.75) is 17.4 Å². The molecule has 3 nitrogen and oxygen atoms in total. The Balaban J connectivity index is 1.36. The number of thioether (sulfide) groups is 1. The van der Waals surface area contributed by atoms with Crippen molar-refractivity contribution in [1.82, 2.24) is 10.2 Å². The Morgan fingerprint density at radius 3 is 2.04 bits per heavy atom. The second kappa shape index (κ2) is 8.02. The molecule has 3 aromatic carbocycles. The molecule has 0 fully saturated rings. The van der Waals surface area contributed by atoms with Crippen molar-refractivity contribution in [2.24, 2.45) is 0 Å². The smallest absolute Gasteiger partial charge is 0.276 e. The highest BCUT2D eigenvalue weighted by molar-refractivity contribution is 7.98. The average Bonchev–Trinajstić information content (AvgIpc) is 3.16. The maximum Gasteiger partial charge on any atom is 0.276 e. The summed E-state index contributed by atoms with van der Waals surface area (Å²) < 4.78 is 5.74. The molecule has 0 amide bonds. The van der Waals surface area contributed by atoms with Gasteiger partial charge in [-0.1, -0.05) is 96.7 Å². The third kappa shape index (κ3) is 4.21. The first-order valence-electron chi connectivity index (χ1n) is 8.50. The highest BCUT2D eigenvalue weighted by Gasteiger charge is 2.08. The highest BCUT2D eigenvalue weighted by atomic mass is 32.2. The first-order chi connectivity index (χ1) is 12.9. The molecule has 0 aliphatic carbocycles. The van der Waals surface area contributed by atoms with Gasteiger partial charge in [0.15, 0.2) is 0 Å². The summed E-state index contributed by atoms with van der Waals surface area (Å²) in [7, 11) is 0. The SMILES string of the molecule is c1ccc(Cc2nnc(SCc3ccc(-c4ccccc4)cc3)o2)cc1. The molecule has 26 heavy (non-hydrogen) atoms. The molecule has 0 spiro atoms. The molecule has 0 unspecified atom stereocenters. The Labute approximate surface area is 157 Å². The second-order valence-electron chi connectivity index (χ2n) is 5.98. The van der Waals surface area contributed by atoms with Crippen molar-refractivity contribution in [1.29, 1.82) is 0 Å². The average molecular weight is 358 g/mol. The Kier molecular flexibility index (Phi) is 5.12. The molecule has 4 rings (SSSR count). The molecule has 0 aliphatic heterocycles. The predicted octanol–water partition coefficient (Wildman–Crippen LogP) is 5.62. The van der Waals surface area contributed by atoms with E-state index in [4.69, 9.17) is 4.42 Å². The summed E-state index contributed by atoms with van der Waals surface area (Å²) in [6.45, 7) is 0. The minimum absolute atomic E-state index is 0.614. The van der Waals surface area contributed by atoms with Gasteiger partial charge >= 0.3 is 0 Å². The van der Waals surface area contributed by atoms with Crippen LogP contribution in [0, 0.1) is 0 Å². The summed E-state index contributed by atoms with van der Waals surface area (Å²) in [6, 6.07) is 29.1. The van der Waals surface area contributed by atoms with Crippen LogP contribution < -0.4 is 0 Å². The molecular weight excluding hydrogens is 340 g/mol. The van der Waals surface area contributed by atoms with Crippen molar-refractivity contribution in [3.05, 3.63) is 102 Å². The van der Waals surface area contributed by atoms with Crippen LogP contribution in [0.3, 0.4) is 0 Å². The van der Waals surface area contributed by atoms with Crippen LogP contribution in [0.15, 0.2) is 94.6 Å². The lowest BCUT2D eigenvalue weighted by Gasteiger charge is -2.03. The van der Waals surface area contributed by atoms with E-state index in [-0.39, 0.29) is 0 Å². The number of hydrogen-bond donors (Lipinski definition) is 0. The van der Waals surface area contributed by atoms with Crippen molar-refractivity contribution in [2.75, 3.05) is 0 Å². The minimum atomic E-state index is 0.614. The van der Waals surface area contributed by atoms with Crippen molar-refractivity contribution >= 4 is 11.8 Å². The number of rotatable bonds is 6. The van der Waals surface area contributed by atoms with Gasteiger partial charge in [-0.2, -0.15) is 0 Å². The number of aromatic nitrogens is 2. The van der Waals surface area contributed by atoms with Crippen LogP contribution in [-0.4, -0.2) is 10.2 Å². The van der Waals surface area contributed by atoms with Gasteiger partial charge in [0.1, 0.15) is 0 Å². The van der Waals surface area contributed by atoms with Crippen molar-refractivity contribution in [3.8, 4) is 11.1 Å². The third-order valence-corrected chi connectivity index (χ3v) is 4.96. The second-order valence-corrected chi connectivity index (χ2v) is 6.90. The number of nitrogens with zero attached hydrogens (tertiary/aromatic N) is 2. The Hall–Kier alpha value is -2.85. The van der Waals surface area contributed by atoms with Gasteiger partial charge in [0, 0.05) is 5.75 Å². The standard InChI is InChI=1S/C22H18N2OS/c1-3-7-17(8-4-1)15-21-23-24-22(25-21)26-16-18-11-13-20(14-12-18)19-9-5-2-6-10-19/h1-14H,15-16H2. The van der Waals surface area contributed by atoms with Crippen LogP contribution in [0.5, 0.6) is 0 Å². The lowest BCUT2D eigenvalue weighted by molar-refractivity contribution is 0.420. The zero-order valence-corrected chi connectivity index (χ0v) is 15.0. The monoisotopic (exact) mass is 358 g/mol. The summed E-state index contributed by atoms with van der Waals surface area (Å²) in [5, 5.41) is 8.89. The van der Waals surface area contributed by atoms with E-state index in [1.807, 2.05) is 24.3 Å². The van der Waals surface area contributed by atoms with Gasteiger partial charge in [-0.15, -0.1) is 10.2 Å². The molecule has 1 aromatic heterocycles. The van der Waals surface area contributed by atoms with E-state index < -0.39 is 0 Å². The zero-order valence-electron chi connectivity index (χ0n) is 14.2. The molecule has 4 heteroatoms. The van der Waals surface area contributed by atoms with Crippen LogP contribution in [0.4, 0.5) is 0 Å². The minimum Gasteiger partial charge on any atom is -0.416 e. The van der Waals surface area contributed by atoms with Gasteiger partial charge < -0.3 is 4.42 Å². The zero-order chi connectivity index (χ0) is 17.6. The molecule has 0 bridgehead atoms.